The molecule has 0 fully saturated rings. The van der Waals surface area contributed by atoms with E-state index in [1.807, 2.05) is 36.4 Å². The third-order valence-corrected chi connectivity index (χ3v) is 11.1. The van der Waals surface area contributed by atoms with Gasteiger partial charge in [-0.3, -0.25) is 0 Å². The maximum atomic E-state index is 6.48. The fraction of sp³-hybridized carbons (Fsp3) is 0.769. The fourth-order valence-electron chi connectivity index (χ4n) is 7.38. The summed E-state index contributed by atoms with van der Waals surface area (Å²) in [6.07, 6.45) is 41.0. The minimum absolute atomic E-state index is 0.689. The molecule has 2 aromatic rings. The molecule has 0 N–H and O–H groups in total. The number of ether oxygens (including phenoxy) is 5. The highest BCUT2D eigenvalue weighted by atomic mass is 16.5. The van der Waals surface area contributed by atoms with Crippen molar-refractivity contribution in [2.75, 3.05) is 26.4 Å². The maximum absolute atomic E-state index is 6.48. The van der Waals surface area contributed by atoms with Gasteiger partial charge in [-0.05, 0) is 49.9 Å². The summed E-state index contributed by atoms with van der Waals surface area (Å²) in [4.78, 5) is 0. The van der Waals surface area contributed by atoms with E-state index in [1.54, 1.807) is 0 Å². The Morgan fingerprint density at radius 1 is 0.263 bits per heavy atom. The first kappa shape index (κ1) is 50.6. The maximum Gasteiger partial charge on any atom is 0.164 e. The highest BCUT2D eigenvalue weighted by Crippen LogP contribution is 2.37. The highest BCUT2D eigenvalue weighted by Gasteiger charge is 2.12. The lowest BCUT2D eigenvalue weighted by Crippen LogP contribution is -2.04. The molecule has 328 valence electrons. The van der Waals surface area contributed by atoms with Crippen LogP contribution in [-0.4, -0.2) is 26.4 Å². The van der Waals surface area contributed by atoms with E-state index in [4.69, 9.17) is 23.7 Å². The summed E-state index contributed by atoms with van der Waals surface area (Å²) in [6, 6.07) is 12.0. The van der Waals surface area contributed by atoms with E-state index in [2.05, 4.69) is 27.7 Å². The van der Waals surface area contributed by atoms with Crippen molar-refractivity contribution >= 4 is 0 Å². The number of benzene rings is 2. The van der Waals surface area contributed by atoms with Crippen LogP contribution in [-0.2, 0) is 0 Å². The van der Waals surface area contributed by atoms with E-state index in [-0.39, 0.29) is 0 Å². The van der Waals surface area contributed by atoms with Crippen molar-refractivity contribution in [1.82, 2.24) is 0 Å². The molecule has 5 nitrogen and oxygen atoms in total. The molecule has 2 aromatic carbocycles. The first-order valence-corrected chi connectivity index (χ1v) is 24.7. The van der Waals surface area contributed by atoms with Gasteiger partial charge >= 0.3 is 0 Å². The molecule has 5 heteroatoms. The van der Waals surface area contributed by atoms with Crippen molar-refractivity contribution in [3.63, 3.8) is 0 Å². The van der Waals surface area contributed by atoms with Crippen LogP contribution in [0.5, 0.6) is 34.5 Å². The second kappa shape index (κ2) is 37.7. The summed E-state index contributed by atoms with van der Waals surface area (Å²) in [6.45, 7) is 11.9. The van der Waals surface area contributed by atoms with Gasteiger partial charge in [0.15, 0.2) is 23.0 Å². The van der Waals surface area contributed by atoms with Crippen molar-refractivity contribution in [2.24, 2.45) is 0 Å². The van der Waals surface area contributed by atoms with Crippen LogP contribution in [0.1, 0.15) is 233 Å². The standard InChI is InChI=1S/C52H90O5/c1-5-9-13-17-21-25-29-33-41-53-49-39-37-47(45-51(49)55-43-35-31-27-23-19-15-11-7-3)57-48-38-40-50(54-42-34-30-26-22-18-14-10-6-2)52(46-48)56-44-36-32-28-24-20-16-12-8-4/h37-40,45-46H,5-36,41-44H2,1-4H3. The van der Waals surface area contributed by atoms with Gasteiger partial charge in [0.05, 0.1) is 26.4 Å². The van der Waals surface area contributed by atoms with E-state index < -0.39 is 0 Å². The Balaban J connectivity index is 2.02. The Bertz CT molecular complexity index is 1080. The van der Waals surface area contributed by atoms with Gasteiger partial charge < -0.3 is 23.7 Å². The quantitative estimate of drug-likeness (QED) is 0.0627. The van der Waals surface area contributed by atoms with Crippen LogP contribution in [0.15, 0.2) is 36.4 Å². The summed E-state index contributed by atoms with van der Waals surface area (Å²) < 4.78 is 31.9. The molecule has 0 saturated carbocycles. The number of hydrogen-bond acceptors (Lipinski definition) is 5. The average molecular weight is 795 g/mol. The van der Waals surface area contributed by atoms with E-state index in [1.165, 1.54) is 180 Å². The molecule has 0 radical (unpaired) electrons. The zero-order chi connectivity index (χ0) is 40.7. The molecule has 0 atom stereocenters. The first-order valence-electron chi connectivity index (χ1n) is 24.7. The van der Waals surface area contributed by atoms with E-state index >= 15 is 0 Å². The molecule has 0 heterocycles. The van der Waals surface area contributed by atoms with Gasteiger partial charge in [-0.1, -0.05) is 207 Å². The first-order chi connectivity index (χ1) is 28.2. The SMILES string of the molecule is CCCCCCCCCCOc1ccc(Oc2ccc(OCCCCCCCCCC)c(OCCCCCCCCCC)c2)cc1OCCCCCCCCCC. The topological polar surface area (TPSA) is 46.2 Å². The van der Waals surface area contributed by atoms with Crippen LogP contribution >= 0.6 is 0 Å². The van der Waals surface area contributed by atoms with E-state index in [0.717, 1.165) is 60.2 Å². The van der Waals surface area contributed by atoms with Gasteiger partial charge in [-0.2, -0.15) is 0 Å². The molecule has 0 aromatic heterocycles. The molecule has 0 amide bonds. The zero-order valence-electron chi connectivity index (χ0n) is 38.0. The largest absolute Gasteiger partial charge is 0.490 e. The van der Waals surface area contributed by atoms with Crippen LogP contribution in [0.4, 0.5) is 0 Å². The van der Waals surface area contributed by atoms with E-state index in [0.29, 0.717) is 26.4 Å². The number of rotatable bonds is 42. The number of hydrogen-bond donors (Lipinski definition) is 0. The summed E-state index contributed by atoms with van der Waals surface area (Å²) in [7, 11) is 0. The van der Waals surface area contributed by atoms with Crippen molar-refractivity contribution in [1.29, 1.82) is 0 Å². The zero-order valence-corrected chi connectivity index (χ0v) is 38.0. The van der Waals surface area contributed by atoms with Crippen LogP contribution in [0.2, 0.25) is 0 Å². The molecule has 0 aliphatic rings. The molecule has 2 rings (SSSR count). The van der Waals surface area contributed by atoms with Gasteiger partial charge in [0.25, 0.3) is 0 Å². The Morgan fingerprint density at radius 2 is 0.491 bits per heavy atom. The van der Waals surface area contributed by atoms with Crippen molar-refractivity contribution < 1.29 is 23.7 Å². The molecular weight excluding hydrogens is 705 g/mol. The molecule has 0 bridgehead atoms. The van der Waals surface area contributed by atoms with E-state index in [9.17, 15) is 0 Å². The second-order valence-electron chi connectivity index (χ2n) is 16.6. The minimum Gasteiger partial charge on any atom is -0.490 e. The Hall–Kier alpha value is -2.56. The van der Waals surface area contributed by atoms with Gasteiger partial charge in [-0.15, -0.1) is 0 Å². The Morgan fingerprint density at radius 3 is 0.754 bits per heavy atom. The Kier molecular flexibility index (Phi) is 33.4. The van der Waals surface area contributed by atoms with Gasteiger partial charge in [0.1, 0.15) is 11.5 Å². The smallest absolute Gasteiger partial charge is 0.164 e. The summed E-state index contributed by atoms with van der Waals surface area (Å²) in [5.74, 6) is 4.63. The van der Waals surface area contributed by atoms with Crippen LogP contribution in [0.3, 0.4) is 0 Å². The van der Waals surface area contributed by atoms with Crippen LogP contribution in [0.25, 0.3) is 0 Å². The molecule has 57 heavy (non-hydrogen) atoms. The normalized spacial score (nSPS) is 11.2. The summed E-state index contributed by atoms with van der Waals surface area (Å²) >= 11 is 0. The van der Waals surface area contributed by atoms with Crippen molar-refractivity contribution in [3.8, 4) is 34.5 Å². The predicted molar refractivity (Wildman–Crippen MR) is 245 cm³/mol. The number of unbranched alkanes of at least 4 members (excludes halogenated alkanes) is 28. The highest BCUT2D eigenvalue weighted by molar-refractivity contribution is 5.49. The fourth-order valence-corrected chi connectivity index (χ4v) is 7.38. The third kappa shape index (κ3) is 27.7. The Labute approximate surface area is 353 Å². The summed E-state index contributed by atoms with van der Waals surface area (Å²) in [5, 5.41) is 0. The summed E-state index contributed by atoms with van der Waals surface area (Å²) in [5.41, 5.74) is 0. The molecular formula is C52H90O5. The molecule has 0 spiro atoms. The predicted octanol–water partition coefficient (Wildman–Crippen LogP) is 17.6. The minimum atomic E-state index is 0.689. The lowest BCUT2D eigenvalue weighted by molar-refractivity contribution is 0.256. The molecule has 0 unspecified atom stereocenters. The average Bonchev–Trinajstić information content (AvgIpc) is 3.22. The van der Waals surface area contributed by atoms with Crippen molar-refractivity contribution in [3.05, 3.63) is 36.4 Å². The van der Waals surface area contributed by atoms with Crippen LogP contribution in [0, 0.1) is 0 Å². The lowest BCUT2D eigenvalue weighted by atomic mass is 10.1. The molecule has 0 aliphatic carbocycles. The lowest BCUT2D eigenvalue weighted by Gasteiger charge is -2.16. The van der Waals surface area contributed by atoms with Crippen molar-refractivity contribution in [2.45, 2.75) is 233 Å². The van der Waals surface area contributed by atoms with Gasteiger partial charge in [0.2, 0.25) is 0 Å². The monoisotopic (exact) mass is 795 g/mol. The molecule has 0 aliphatic heterocycles. The van der Waals surface area contributed by atoms with Gasteiger partial charge in [-0.25, -0.2) is 0 Å². The second-order valence-corrected chi connectivity index (χ2v) is 16.6. The molecule has 0 saturated heterocycles. The van der Waals surface area contributed by atoms with Gasteiger partial charge in [0, 0.05) is 12.1 Å². The third-order valence-electron chi connectivity index (χ3n) is 11.1. The van der Waals surface area contributed by atoms with Crippen LogP contribution < -0.4 is 23.7 Å².